The molecule has 1 radical (unpaired) electrons. The number of ether oxygens (including phenoxy) is 2. The molecule has 0 rings (SSSR count). The second-order valence-electron chi connectivity index (χ2n) is 6.07. The van der Waals surface area contributed by atoms with Crippen molar-refractivity contribution in [3.8, 4) is 0 Å². The second-order valence-corrected chi connectivity index (χ2v) is 8.60. The first-order valence-electron chi connectivity index (χ1n) is 9.54. The molecule has 0 atom stereocenters. The molecule has 26 heavy (non-hydrogen) atoms. The minimum absolute atomic E-state index is 0.0886. The number of unbranched alkanes of at least 4 members (excludes halogenated alkanes) is 1. The number of amides is 1. The number of hydrogen-bond donors (Lipinski definition) is 2. The Morgan fingerprint density at radius 1 is 1.15 bits per heavy atom. The lowest BCUT2D eigenvalue weighted by Crippen LogP contribution is -2.27. The Balaban J connectivity index is 3.21. The van der Waals surface area contributed by atoms with E-state index >= 15 is 0 Å². The standard InChI is InChI=1S/C18H36BN2O3S2/c1-4-20-11-15-25-26-16-24-12-6-5-8-18(22)21-10-14-23-13-7-9-19-17(2)3/h7,9,17,20H,4-6,8,10-16H2,1-3H3,(H,21,22)/b9-7+. The summed E-state index contributed by atoms with van der Waals surface area (Å²) in [6.07, 6.45) is 4.32. The van der Waals surface area contributed by atoms with Crippen LogP contribution in [0.15, 0.2) is 12.1 Å². The van der Waals surface area contributed by atoms with E-state index < -0.39 is 0 Å². The van der Waals surface area contributed by atoms with E-state index in [0.29, 0.717) is 37.9 Å². The Labute approximate surface area is 168 Å². The Bertz CT molecular complexity index is 348. The van der Waals surface area contributed by atoms with Crippen molar-refractivity contribution in [3.05, 3.63) is 12.1 Å². The molecule has 0 heterocycles. The van der Waals surface area contributed by atoms with Crippen LogP contribution < -0.4 is 10.6 Å². The van der Waals surface area contributed by atoms with Gasteiger partial charge < -0.3 is 20.1 Å². The van der Waals surface area contributed by atoms with E-state index in [0.717, 1.165) is 38.3 Å². The van der Waals surface area contributed by atoms with Crippen molar-refractivity contribution in [2.45, 2.75) is 45.9 Å². The normalized spacial score (nSPS) is 11.4. The van der Waals surface area contributed by atoms with E-state index in [2.05, 4.69) is 38.7 Å². The maximum absolute atomic E-state index is 11.7. The highest BCUT2D eigenvalue weighted by atomic mass is 33.1. The zero-order valence-corrected chi connectivity index (χ0v) is 18.3. The van der Waals surface area contributed by atoms with E-state index in [4.69, 9.17) is 9.47 Å². The molecule has 5 nitrogen and oxygen atoms in total. The van der Waals surface area contributed by atoms with Crippen molar-refractivity contribution in [2.24, 2.45) is 0 Å². The molecule has 1 amide bonds. The molecule has 151 valence electrons. The van der Waals surface area contributed by atoms with Gasteiger partial charge in [0.25, 0.3) is 0 Å². The van der Waals surface area contributed by atoms with Crippen molar-refractivity contribution >= 4 is 34.8 Å². The van der Waals surface area contributed by atoms with Gasteiger partial charge in [0.1, 0.15) is 13.2 Å². The van der Waals surface area contributed by atoms with Gasteiger partial charge in [-0.2, -0.15) is 0 Å². The molecule has 0 aromatic heterocycles. The third-order valence-corrected chi connectivity index (χ3v) is 5.27. The maximum Gasteiger partial charge on any atom is 0.220 e. The molecular weight excluding hydrogens is 367 g/mol. The summed E-state index contributed by atoms with van der Waals surface area (Å²) in [5.74, 6) is 4.47. The number of carbonyl (C=O) groups excluding carboxylic acids is 1. The summed E-state index contributed by atoms with van der Waals surface area (Å²) in [7, 11) is 5.69. The molecule has 0 unspecified atom stereocenters. The van der Waals surface area contributed by atoms with Crippen LogP contribution in [-0.4, -0.2) is 64.3 Å². The van der Waals surface area contributed by atoms with E-state index in [1.54, 1.807) is 10.8 Å². The predicted molar refractivity (Wildman–Crippen MR) is 117 cm³/mol. The molecule has 0 aliphatic carbocycles. The van der Waals surface area contributed by atoms with Gasteiger partial charge in [0.15, 0.2) is 0 Å². The van der Waals surface area contributed by atoms with Crippen LogP contribution in [0.2, 0.25) is 5.82 Å². The van der Waals surface area contributed by atoms with E-state index in [-0.39, 0.29) is 5.91 Å². The molecular formula is C18H36BN2O3S2. The van der Waals surface area contributed by atoms with Crippen molar-refractivity contribution in [1.82, 2.24) is 10.6 Å². The minimum Gasteiger partial charge on any atom is -0.376 e. The molecule has 0 aromatic rings. The first kappa shape index (κ1) is 25.9. The number of rotatable bonds is 19. The van der Waals surface area contributed by atoms with Crippen molar-refractivity contribution in [2.75, 3.05) is 51.1 Å². The first-order chi connectivity index (χ1) is 12.7. The van der Waals surface area contributed by atoms with Crippen LogP contribution >= 0.6 is 21.6 Å². The first-order valence-corrected chi connectivity index (χ1v) is 12.0. The van der Waals surface area contributed by atoms with Gasteiger partial charge in [0.2, 0.25) is 5.91 Å². The molecule has 0 saturated heterocycles. The Morgan fingerprint density at radius 3 is 2.77 bits per heavy atom. The maximum atomic E-state index is 11.7. The number of carbonyl (C=O) groups is 1. The lowest BCUT2D eigenvalue weighted by atomic mass is 9.66. The van der Waals surface area contributed by atoms with Crippen LogP contribution in [0.25, 0.3) is 0 Å². The Kier molecular flexibility index (Phi) is 21.0. The average Bonchev–Trinajstić information content (AvgIpc) is 2.61. The molecule has 0 aliphatic heterocycles. The fourth-order valence-corrected chi connectivity index (χ4v) is 3.44. The van der Waals surface area contributed by atoms with Crippen molar-refractivity contribution in [1.29, 1.82) is 0 Å². The zero-order valence-electron chi connectivity index (χ0n) is 16.6. The van der Waals surface area contributed by atoms with Gasteiger partial charge in [-0.15, -0.1) is 5.98 Å². The summed E-state index contributed by atoms with van der Waals surface area (Å²) in [6.45, 7) is 10.9. The highest BCUT2D eigenvalue weighted by Crippen LogP contribution is 2.20. The van der Waals surface area contributed by atoms with Crippen LogP contribution in [0.3, 0.4) is 0 Å². The lowest BCUT2D eigenvalue weighted by molar-refractivity contribution is -0.121. The molecule has 0 spiro atoms. The van der Waals surface area contributed by atoms with Gasteiger partial charge in [0, 0.05) is 31.9 Å². The smallest absolute Gasteiger partial charge is 0.220 e. The summed E-state index contributed by atoms with van der Waals surface area (Å²) in [6, 6.07) is 0. The summed E-state index contributed by atoms with van der Waals surface area (Å²) in [5, 5.41) is 6.16. The van der Waals surface area contributed by atoms with Crippen molar-refractivity contribution in [3.63, 3.8) is 0 Å². The second kappa shape index (κ2) is 21.2. The molecule has 0 bridgehead atoms. The zero-order chi connectivity index (χ0) is 19.3. The molecule has 2 N–H and O–H groups in total. The molecule has 0 aliphatic rings. The van der Waals surface area contributed by atoms with Gasteiger partial charge in [0.05, 0.1) is 13.2 Å². The molecule has 0 saturated carbocycles. The van der Waals surface area contributed by atoms with Crippen molar-refractivity contribution < 1.29 is 14.3 Å². The molecule has 8 heteroatoms. The monoisotopic (exact) mass is 403 g/mol. The average molecular weight is 403 g/mol. The molecule has 0 fully saturated rings. The Hall–Kier alpha value is -0.145. The SMILES string of the molecule is CCNCCSSCOCCCCC(=O)NCCOC/C=C/[B]C(C)C. The Morgan fingerprint density at radius 2 is 2.00 bits per heavy atom. The van der Waals surface area contributed by atoms with Gasteiger partial charge >= 0.3 is 0 Å². The third kappa shape index (κ3) is 21.9. The largest absolute Gasteiger partial charge is 0.376 e. The van der Waals surface area contributed by atoms with E-state index in [9.17, 15) is 4.79 Å². The van der Waals surface area contributed by atoms with Crippen LogP contribution in [0.4, 0.5) is 0 Å². The topological polar surface area (TPSA) is 59.6 Å². The van der Waals surface area contributed by atoms with Gasteiger partial charge in [-0.1, -0.05) is 54.3 Å². The fraction of sp³-hybridized carbons (Fsp3) is 0.833. The fourth-order valence-electron chi connectivity index (χ4n) is 1.82. The summed E-state index contributed by atoms with van der Waals surface area (Å²) in [4.78, 5) is 11.7. The highest BCUT2D eigenvalue weighted by molar-refractivity contribution is 8.76. The number of hydrogen-bond acceptors (Lipinski definition) is 6. The predicted octanol–water partition coefficient (Wildman–Crippen LogP) is 3.30. The van der Waals surface area contributed by atoms with E-state index in [1.807, 2.05) is 22.8 Å². The third-order valence-electron chi connectivity index (χ3n) is 3.18. The van der Waals surface area contributed by atoms with Crippen LogP contribution in [0.5, 0.6) is 0 Å². The van der Waals surface area contributed by atoms with Crippen LogP contribution in [-0.2, 0) is 14.3 Å². The van der Waals surface area contributed by atoms with Crippen LogP contribution in [0, 0.1) is 0 Å². The minimum atomic E-state index is 0.0886. The van der Waals surface area contributed by atoms with Gasteiger partial charge in [-0.3, -0.25) is 4.79 Å². The molecule has 0 aromatic carbocycles. The summed E-state index contributed by atoms with van der Waals surface area (Å²) >= 11 is 0. The van der Waals surface area contributed by atoms with Gasteiger partial charge in [-0.25, -0.2) is 0 Å². The number of nitrogens with one attached hydrogen (secondary N) is 2. The van der Waals surface area contributed by atoms with E-state index in [1.165, 1.54) is 0 Å². The van der Waals surface area contributed by atoms with Gasteiger partial charge in [-0.05, 0) is 19.4 Å². The highest BCUT2D eigenvalue weighted by Gasteiger charge is 2.00. The summed E-state index contributed by atoms with van der Waals surface area (Å²) in [5.41, 5.74) is 0. The van der Waals surface area contributed by atoms with Crippen LogP contribution in [0.1, 0.15) is 40.0 Å². The quantitative estimate of drug-likeness (QED) is 0.149. The summed E-state index contributed by atoms with van der Waals surface area (Å²) < 4.78 is 11.0. The lowest BCUT2D eigenvalue weighted by Gasteiger charge is -2.06.